The van der Waals surface area contributed by atoms with Crippen molar-refractivity contribution < 1.29 is 23.1 Å². The first-order valence-electron chi connectivity index (χ1n) is 11.7. The van der Waals surface area contributed by atoms with Gasteiger partial charge >= 0.3 is 5.97 Å². The molecule has 0 aromatic heterocycles. The smallest absolute Gasteiger partial charge is 0.322 e. The molecule has 0 saturated carbocycles. The normalized spacial score (nSPS) is 16.7. The van der Waals surface area contributed by atoms with Crippen molar-refractivity contribution in [1.82, 2.24) is 10.0 Å². The van der Waals surface area contributed by atoms with E-state index in [1.807, 2.05) is 36.4 Å². The topological polar surface area (TPSA) is 105 Å². The molecule has 2 unspecified atom stereocenters. The predicted molar refractivity (Wildman–Crippen MR) is 134 cm³/mol. The van der Waals surface area contributed by atoms with Gasteiger partial charge in [0.2, 0.25) is 10.0 Å². The van der Waals surface area contributed by atoms with Crippen molar-refractivity contribution in [2.75, 3.05) is 13.2 Å². The number of ether oxygens (including phenoxy) is 1. The predicted octanol–water partition coefficient (Wildman–Crippen LogP) is 3.60. The number of hydrogen-bond donors (Lipinski definition) is 3. The summed E-state index contributed by atoms with van der Waals surface area (Å²) in [5.41, 5.74) is 3.45. The third-order valence-electron chi connectivity index (χ3n) is 6.01. The molecule has 1 aliphatic heterocycles. The number of carboxylic acid groups (broad SMARTS) is 1. The Labute approximate surface area is 206 Å². The molecule has 1 saturated heterocycles. The second kappa shape index (κ2) is 11.6. The molecule has 7 nitrogen and oxygen atoms in total. The van der Waals surface area contributed by atoms with Gasteiger partial charge in [0.15, 0.2) is 0 Å². The van der Waals surface area contributed by atoms with Crippen molar-refractivity contribution >= 4 is 16.0 Å². The van der Waals surface area contributed by atoms with Crippen molar-refractivity contribution in [2.45, 2.75) is 42.8 Å². The van der Waals surface area contributed by atoms with Crippen molar-refractivity contribution in [2.24, 2.45) is 0 Å². The van der Waals surface area contributed by atoms with Crippen molar-refractivity contribution in [1.29, 1.82) is 0 Å². The van der Waals surface area contributed by atoms with E-state index in [0.717, 1.165) is 48.2 Å². The van der Waals surface area contributed by atoms with Gasteiger partial charge in [-0.15, -0.1) is 0 Å². The Hall–Kier alpha value is -3.04. The molecule has 0 radical (unpaired) electrons. The van der Waals surface area contributed by atoms with Crippen LogP contribution in [0.2, 0.25) is 0 Å². The maximum Gasteiger partial charge on any atom is 0.322 e. The molecule has 3 aromatic rings. The van der Waals surface area contributed by atoms with Crippen molar-refractivity contribution in [3.8, 4) is 11.1 Å². The van der Waals surface area contributed by atoms with Crippen LogP contribution in [0.3, 0.4) is 0 Å². The lowest BCUT2D eigenvalue weighted by molar-refractivity contribution is -0.138. The summed E-state index contributed by atoms with van der Waals surface area (Å²) in [6.45, 7) is 2.32. The summed E-state index contributed by atoms with van der Waals surface area (Å²) >= 11 is 0. The Morgan fingerprint density at radius 1 is 0.971 bits per heavy atom. The number of sulfonamides is 1. The summed E-state index contributed by atoms with van der Waals surface area (Å²) in [5.74, 6) is -1.23. The highest BCUT2D eigenvalue weighted by molar-refractivity contribution is 7.89. The van der Waals surface area contributed by atoms with Gasteiger partial charge in [0.05, 0.1) is 11.0 Å². The van der Waals surface area contributed by atoms with Crippen LogP contribution in [0.4, 0.5) is 0 Å². The number of carboxylic acids is 1. The first kappa shape index (κ1) is 25.1. The van der Waals surface area contributed by atoms with E-state index in [-0.39, 0.29) is 17.4 Å². The molecule has 0 aliphatic carbocycles. The highest BCUT2D eigenvalue weighted by atomic mass is 32.2. The molecule has 4 rings (SSSR count). The molecule has 1 heterocycles. The van der Waals surface area contributed by atoms with Gasteiger partial charge in [-0.25, -0.2) is 8.42 Å². The van der Waals surface area contributed by atoms with Gasteiger partial charge in [0, 0.05) is 19.7 Å². The van der Waals surface area contributed by atoms with E-state index in [0.29, 0.717) is 6.54 Å². The molecule has 184 valence electrons. The zero-order valence-corrected chi connectivity index (χ0v) is 20.2. The van der Waals surface area contributed by atoms with Crippen LogP contribution in [0.15, 0.2) is 83.8 Å². The summed E-state index contributed by atoms with van der Waals surface area (Å²) in [7, 11) is -4.05. The summed E-state index contributed by atoms with van der Waals surface area (Å²) in [6, 6.07) is 22.1. The highest BCUT2D eigenvalue weighted by Crippen LogP contribution is 2.24. The number of carbonyl (C=O) groups is 1. The second-order valence-corrected chi connectivity index (χ2v) is 10.4. The van der Waals surface area contributed by atoms with Gasteiger partial charge in [0.1, 0.15) is 6.04 Å². The van der Waals surface area contributed by atoms with Crippen LogP contribution in [0, 0.1) is 0 Å². The summed E-state index contributed by atoms with van der Waals surface area (Å²) in [5, 5.41) is 13.0. The van der Waals surface area contributed by atoms with Crippen LogP contribution in [0.1, 0.15) is 24.0 Å². The molecule has 0 spiro atoms. The van der Waals surface area contributed by atoms with Gasteiger partial charge < -0.3 is 15.2 Å². The molecule has 8 heteroatoms. The molecular weight excluding hydrogens is 464 g/mol. The molecule has 3 aromatic carbocycles. The molecule has 35 heavy (non-hydrogen) atoms. The Bertz CT molecular complexity index is 1240. The Morgan fingerprint density at radius 3 is 2.40 bits per heavy atom. The fourth-order valence-corrected chi connectivity index (χ4v) is 5.41. The zero-order valence-electron chi connectivity index (χ0n) is 19.4. The fraction of sp³-hybridized carbons (Fsp3) is 0.296. The van der Waals surface area contributed by atoms with Crippen LogP contribution in [-0.4, -0.2) is 44.8 Å². The first-order chi connectivity index (χ1) is 16.9. The highest BCUT2D eigenvalue weighted by Gasteiger charge is 2.26. The third kappa shape index (κ3) is 6.99. The maximum absolute atomic E-state index is 13.1. The number of rotatable bonds is 11. The van der Waals surface area contributed by atoms with E-state index in [9.17, 15) is 18.3 Å². The van der Waals surface area contributed by atoms with Crippen LogP contribution in [0.25, 0.3) is 11.1 Å². The SMILES string of the molecule is O=C(O)C(Cc1ccccc1)NS(=O)(=O)c1cccc(-c2cccc(CNCC3CCCO3)c2)c1. The average Bonchev–Trinajstić information content (AvgIpc) is 3.38. The number of hydrogen-bond acceptors (Lipinski definition) is 5. The summed E-state index contributed by atoms with van der Waals surface area (Å²) in [6.07, 6.45) is 2.51. The second-order valence-electron chi connectivity index (χ2n) is 8.70. The standard InChI is InChI=1S/C27H30N2O5S/c30-27(31)26(16-20-7-2-1-3-8-20)29-35(32,33)25-13-5-11-23(17-25)22-10-4-9-21(15-22)18-28-19-24-12-6-14-34-24/h1-5,7-11,13,15,17,24,26,28-29H,6,12,14,16,18-19H2,(H,30,31). The van der Waals surface area contributed by atoms with Gasteiger partial charge in [-0.3, -0.25) is 4.79 Å². The Kier molecular flexibility index (Phi) is 8.30. The van der Waals surface area contributed by atoms with Gasteiger partial charge in [0.25, 0.3) is 0 Å². The molecule has 3 N–H and O–H groups in total. The van der Waals surface area contributed by atoms with Crippen molar-refractivity contribution in [3.05, 3.63) is 90.0 Å². The van der Waals surface area contributed by atoms with E-state index >= 15 is 0 Å². The van der Waals surface area contributed by atoms with E-state index in [1.165, 1.54) is 6.07 Å². The monoisotopic (exact) mass is 494 g/mol. The van der Waals surface area contributed by atoms with E-state index < -0.39 is 22.0 Å². The lowest BCUT2D eigenvalue weighted by Crippen LogP contribution is -2.42. The van der Waals surface area contributed by atoms with Crippen LogP contribution < -0.4 is 10.0 Å². The fourth-order valence-electron chi connectivity index (χ4n) is 4.17. The number of aliphatic carboxylic acids is 1. The largest absolute Gasteiger partial charge is 0.480 e. The van der Waals surface area contributed by atoms with Gasteiger partial charge in [-0.1, -0.05) is 60.7 Å². The average molecular weight is 495 g/mol. The van der Waals surface area contributed by atoms with E-state index in [2.05, 4.69) is 10.0 Å². The maximum atomic E-state index is 13.1. The van der Waals surface area contributed by atoms with Gasteiger partial charge in [-0.05, 0) is 59.7 Å². The van der Waals surface area contributed by atoms with Crippen LogP contribution >= 0.6 is 0 Å². The summed E-state index contributed by atoms with van der Waals surface area (Å²) < 4.78 is 34.1. The lowest BCUT2D eigenvalue weighted by atomic mass is 10.0. The number of benzene rings is 3. The Balaban J connectivity index is 1.47. The molecule has 1 fully saturated rings. The minimum Gasteiger partial charge on any atom is -0.480 e. The van der Waals surface area contributed by atoms with Crippen LogP contribution in [-0.2, 0) is 32.5 Å². The van der Waals surface area contributed by atoms with E-state index in [4.69, 9.17) is 4.74 Å². The number of nitrogens with one attached hydrogen (secondary N) is 2. The quantitative estimate of drug-likeness (QED) is 0.376. The lowest BCUT2D eigenvalue weighted by Gasteiger charge is -2.16. The third-order valence-corrected chi connectivity index (χ3v) is 7.48. The van der Waals surface area contributed by atoms with E-state index in [1.54, 1.807) is 36.4 Å². The zero-order chi connectivity index (χ0) is 24.7. The van der Waals surface area contributed by atoms with Gasteiger partial charge in [-0.2, -0.15) is 4.72 Å². The first-order valence-corrected chi connectivity index (χ1v) is 13.2. The minimum absolute atomic E-state index is 0.0243. The van der Waals surface area contributed by atoms with Crippen LogP contribution in [0.5, 0.6) is 0 Å². The minimum atomic E-state index is -4.05. The molecule has 2 atom stereocenters. The van der Waals surface area contributed by atoms with Crippen molar-refractivity contribution in [3.63, 3.8) is 0 Å². The summed E-state index contributed by atoms with van der Waals surface area (Å²) in [4.78, 5) is 11.8. The molecule has 0 bridgehead atoms. The Morgan fingerprint density at radius 2 is 1.69 bits per heavy atom. The molecule has 0 amide bonds. The molecular formula is C27H30N2O5S. The molecule has 1 aliphatic rings.